The molecule has 4 nitrogen and oxygen atoms in total. The van der Waals surface area contributed by atoms with Crippen LogP contribution in [0.15, 0.2) is 29.2 Å². The van der Waals surface area contributed by atoms with E-state index in [1.165, 1.54) is 12.1 Å². The van der Waals surface area contributed by atoms with Crippen molar-refractivity contribution in [1.29, 1.82) is 0 Å². The van der Waals surface area contributed by atoms with E-state index in [0.717, 1.165) is 11.9 Å². The first-order chi connectivity index (χ1) is 5.24. The molecule has 58 valence electrons. The van der Waals surface area contributed by atoms with Crippen LogP contribution < -0.4 is 5.14 Å². The lowest BCUT2D eigenvalue weighted by molar-refractivity contribution is -0.385. The Hall–Kier alpha value is -1.07. The number of benzene rings is 1. The van der Waals surface area contributed by atoms with Crippen LogP contribution in [0, 0.1) is 10.1 Å². The van der Waals surface area contributed by atoms with Crippen LogP contribution in [0.4, 0.5) is 5.69 Å². The highest BCUT2D eigenvalue weighted by Gasteiger charge is 2.03. The second-order valence-electron chi connectivity index (χ2n) is 1.87. The summed E-state index contributed by atoms with van der Waals surface area (Å²) in [7, 11) is 0. The maximum absolute atomic E-state index is 10.2. The van der Waals surface area contributed by atoms with E-state index in [4.69, 9.17) is 5.14 Å². The third-order valence-electron chi connectivity index (χ3n) is 1.16. The Morgan fingerprint density at radius 1 is 1.55 bits per heavy atom. The van der Waals surface area contributed by atoms with Gasteiger partial charge >= 0.3 is 0 Å². The van der Waals surface area contributed by atoms with E-state index in [0.29, 0.717) is 4.90 Å². The SMILES string of the molecule is NSc1cccc([N+](=O)[O-])c1. The molecule has 0 radical (unpaired) electrons. The number of nitro benzene ring substituents is 1. The Balaban J connectivity index is 3.01. The second kappa shape index (κ2) is 3.36. The standard InChI is InChI=1S/C6H6N2O2S/c7-11-6-3-1-2-5(4-6)8(9)10/h1-4H,7H2. The zero-order valence-electron chi connectivity index (χ0n) is 5.56. The van der Waals surface area contributed by atoms with Crippen molar-refractivity contribution in [1.82, 2.24) is 0 Å². The van der Waals surface area contributed by atoms with Gasteiger partial charge in [-0.2, -0.15) is 0 Å². The molecule has 2 N–H and O–H groups in total. The van der Waals surface area contributed by atoms with Crippen molar-refractivity contribution in [3.8, 4) is 0 Å². The molecule has 0 aliphatic heterocycles. The molecule has 0 atom stereocenters. The molecule has 0 bridgehead atoms. The normalized spacial score (nSPS) is 9.55. The van der Waals surface area contributed by atoms with Gasteiger partial charge in [0.1, 0.15) is 0 Å². The minimum atomic E-state index is -0.445. The maximum atomic E-state index is 10.2. The fraction of sp³-hybridized carbons (Fsp3) is 0. The lowest BCUT2D eigenvalue weighted by Crippen LogP contribution is -1.88. The Morgan fingerprint density at radius 3 is 2.82 bits per heavy atom. The molecule has 0 fully saturated rings. The average Bonchev–Trinajstić information content (AvgIpc) is 2.05. The lowest BCUT2D eigenvalue weighted by Gasteiger charge is -1.93. The van der Waals surface area contributed by atoms with E-state index < -0.39 is 4.92 Å². The van der Waals surface area contributed by atoms with Crippen LogP contribution in [-0.2, 0) is 0 Å². The van der Waals surface area contributed by atoms with Crippen LogP contribution in [-0.4, -0.2) is 4.92 Å². The Bertz CT molecular complexity index is 277. The lowest BCUT2D eigenvalue weighted by atomic mass is 10.3. The smallest absolute Gasteiger partial charge is 0.270 e. The second-order valence-corrected chi connectivity index (χ2v) is 2.58. The van der Waals surface area contributed by atoms with Crippen LogP contribution >= 0.6 is 11.9 Å². The largest absolute Gasteiger partial charge is 0.274 e. The molecule has 0 spiro atoms. The van der Waals surface area contributed by atoms with Crippen molar-refractivity contribution in [2.75, 3.05) is 0 Å². The summed E-state index contributed by atoms with van der Waals surface area (Å²) >= 11 is 0.996. The first-order valence-electron chi connectivity index (χ1n) is 2.85. The molecule has 1 aromatic rings. The highest BCUT2D eigenvalue weighted by molar-refractivity contribution is 7.97. The molecule has 0 heterocycles. The van der Waals surface area contributed by atoms with E-state index in [-0.39, 0.29) is 5.69 Å². The molecular formula is C6H6N2O2S. The van der Waals surface area contributed by atoms with Crippen LogP contribution in [0.1, 0.15) is 0 Å². The number of nitrogens with zero attached hydrogens (tertiary/aromatic N) is 1. The molecule has 0 saturated heterocycles. The number of nitro groups is 1. The minimum absolute atomic E-state index is 0.0699. The molecule has 0 aliphatic rings. The average molecular weight is 170 g/mol. The molecule has 0 aliphatic carbocycles. The van der Waals surface area contributed by atoms with Gasteiger partial charge in [0.15, 0.2) is 0 Å². The van der Waals surface area contributed by atoms with E-state index >= 15 is 0 Å². The zero-order valence-corrected chi connectivity index (χ0v) is 6.38. The molecular weight excluding hydrogens is 164 g/mol. The van der Waals surface area contributed by atoms with Gasteiger partial charge in [0, 0.05) is 17.0 Å². The van der Waals surface area contributed by atoms with Gasteiger partial charge in [-0.05, 0) is 18.0 Å². The molecule has 1 rings (SSSR count). The topological polar surface area (TPSA) is 69.2 Å². The van der Waals surface area contributed by atoms with E-state index in [2.05, 4.69) is 0 Å². The highest BCUT2D eigenvalue weighted by atomic mass is 32.2. The number of hydrogen-bond acceptors (Lipinski definition) is 4. The number of non-ortho nitro benzene ring substituents is 1. The third-order valence-corrected chi connectivity index (χ3v) is 1.69. The van der Waals surface area contributed by atoms with Gasteiger partial charge in [-0.3, -0.25) is 15.3 Å². The predicted octanol–water partition coefficient (Wildman–Crippen LogP) is 1.56. The Kier molecular flexibility index (Phi) is 2.45. The fourth-order valence-electron chi connectivity index (χ4n) is 0.670. The third kappa shape index (κ3) is 1.92. The van der Waals surface area contributed by atoms with E-state index in [1.54, 1.807) is 12.1 Å². The van der Waals surface area contributed by atoms with Gasteiger partial charge in [0.05, 0.1) is 4.92 Å². The summed E-state index contributed by atoms with van der Waals surface area (Å²) in [5, 5.41) is 15.4. The van der Waals surface area contributed by atoms with Gasteiger partial charge in [0.25, 0.3) is 5.69 Å². The summed E-state index contributed by atoms with van der Waals surface area (Å²) in [6.45, 7) is 0. The van der Waals surface area contributed by atoms with Gasteiger partial charge in [0.2, 0.25) is 0 Å². The first kappa shape index (κ1) is 8.03. The van der Waals surface area contributed by atoms with E-state index in [1.807, 2.05) is 0 Å². The van der Waals surface area contributed by atoms with Crippen molar-refractivity contribution >= 4 is 17.6 Å². The van der Waals surface area contributed by atoms with Gasteiger partial charge in [-0.25, -0.2) is 0 Å². The summed E-state index contributed by atoms with van der Waals surface area (Å²) in [5.41, 5.74) is 0.0699. The number of nitrogens with two attached hydrogens (primary N) is 1. The van der Waals surface area contributed by atoms with E-state index in [9.17, 15) is 10.1 Å². The fourth-order valence-corrected chi connectivity index (χ4v) is 1.02. The first-order valence-corrected chi connectivity index (χ1v) is 3.73. The quantitative estimate of drug-likeness (QED) is 0.415. The highest BCUT2D eigenvalue weighted by Crippen LogP contribution is 2.18. The molecule has 0 saturated carbocycles. The molecule has 1 aromatic carbocycles. The van der Waals surface area contributed by atoms with Crippen molar-refractivity contribution < 1.29 is 4.92 Å². The monoisotopic (exact) mass is 170 g/mol. The van der Waals surface area contributed by atoms with Crippen LogP contribution in [0.2, 0.25) is 0 Å². The van der Waals surface area contributed by atoms with Gasteiger partial charge < -0.3 is 0 Å². The van der Waals surface area contributed by atoms with Crippen LogP contribution in [0.3, 0.4) is 0 Å². The Labute approximate surface area is 67.7 Å². The molecule has 0 unspecified atom stereocenters. The Morgan fingerprint density at radius 2 is 2.27 bits per heavy atom. The molecule has 5 heteroatoms. The van der Waals surface area contributed by atoms with Crippen molar-refractivity contribution in [3.63, 3.8) is 0 Å². The summed E-state index contributed by atoms with van der Waals surface area (Å²) in [6, 6.07) is 6.19. The zero-order chi connectivity index (χ0) is 8.27. The molecule has 11 heavy (non-hydrogen) atoms. The number of rotatable bonds is 2. The maximum Gasteiger partial charge on any atom is 0.270 e. The molecule has 0 aromatic heterocycles. The predicted molar refractivity (Wildman–Crippen MR) is 43.1 cm³/mol. The van der Waals surface area contributed by atoms with Gasteiger partial charge in [-0.1, -0.05) is 6.07 Å². The van der Waals surface area contributed by atoms with Crippen molar-refractivity contribution in [2.24, 2.45) is 5.14 Å². The summed E-state index contributed by atoms with van der Waals surface area (Å²) in [6.07, 6.45) is 0. The molecule has 0 amide bonds. The van der Waals surface area contributed by atoms with Crippen LogP contribution in [0.25, 0.3) is 0 Å². The van der Waals surface area contributed by atoms with Gasteiger partial charge in [-0.15, -0.1) is 0 Å². The summed E-state index contributed by atoms with van der Waals surface area (Å²) in [5.74, 6) is 0. The van der Waals surface area contributed by atoms with Crippen molar-refractivity contribution in [3.05, 3.63) is 34.4 Å². The summed E-state index contributed by atoms with van der Waals surface area (Å²) in [4.78, 5) is 10.5. The van der Waals surface area contributed by atoms with Crippen LogP contribution in [0.5, 0.6) is 0 Å². The number of hydrogen-bond donors (Lipinski definition) is 1. The minimum Gasteiger partial charge on any atom is -0.274 e. The summed E-state index contributed by atoms with van der Waals surface area (Å²) < 4.78 is 0. The van der Waals surface area contributed by atoms with Crippen molar-refractivity contribution in [2.45, 2.75) is 4.90 Å².